The smallest absolute Gasteiger partial charge is 0.251 e. The van der Waals surface area contributed by atoms with Gasteiger partial charge in [-0.3, -0.25) is 14.6 Å². The third-order valence-corrected chi connectivity index (χ3v) is 7.58. The average molecular weight is 462 g/mol. The van der Waals surface area contributed by atoms with Gasteiger partial charge in [-0.25, -0.2) is 4.39 Å². The van der Waals surface area contributed by atoms with Crippen molar-refractivity contribution in [1.82, 2.24) is 9.80 Å². The number of rotatable bonds is 6. The van der Waals surface area contributed by atoms with Gasteiger partial charge in [-0.2, -0.15) is 0 Å². The quantitative estimate of drug-likeness (QED) is 0.648. The van der Waals surface area contributed by atoms with Crippen molar-refractivity contribution in [2.75, 3.05) is 13.1 Å². The number of fused-ring (bicyclic) bond motifs is 2. The normalized spacial score (nSPS) is 24.6. The summed E-state index contributed by atoms with van der Waals surface area (Å²) in [5.74, 6) is -0.779. The Balaban J connectivity index is 1.31. The molecule has 3 atom stereocenters. The molecule has 2 N–H and O–H groups in total. The standard InChI is InChI=1S/C24H26Cl2FN3O/c1-13(15-4-17(25)7-18(26)5-15)30-12-19-8-20(30)11-29(19)10-16-6-23(27)22(24(28)31)9-21(16)14-2-3-14/h4-7,9,13-14,19-20H,2-3,8,10-12H2,1H3,(H2,28,31)/t13-,19-,20-/m0/s1. The Morgan fingerprint density at radius 1 is 1.13 bits per heavy atom. The molecule has 1 saturated carbocycles. The van der Waals surface area contributed by atoms with Crippen molar-refractivity contribution in [2.24, 2.45) is 5.73 Å². The summed E-state index contributed by atoms with van der Waals surface area (Å²) in [6.45, 7) is 4.84. The molecule has 3 fully saturated rings. The molecule has 2 bridgehead atoms. The summed E-state index contributed by atoms with van der Waals surface area (Å²) in [5, 5.41) is 1.32. The zero-order valence-electron chi connectivity index (χ0n) is 17.5. The second-order valence-electron chi connectivity index (χ2n) is 9.22. The largest absolute Gasteiger partial charge is 0.366 e. The van der Waals surface area contributed by atoms with Crippen molar-refractivity contribution in [3.05, 3.63) is 68.4 Å². The lowest BCUT2D eigenvalue weighted by Crippen LogP contribution is -2.46. The van der Waals surface area contributed by atoms with Crippen LogP contribution < -0.4 is 5.73 Å². The third kappa shape index (κ3) is 4.09. The summed E-state index contributed by atoms with van der Waals surface area (Å²) < 4.78 is 14.5. The van der Waals surface area contributed by atoms with Crippen LogP contribution in [0.4, 0.5) is 4.39 Å². The minimum Gasteiger partial charge on any atom is -0.366 e. The highest BCUT2D eigenvalue weighted by Gasteiger charge is 2.45. The van der Waals surface area contributed by atoms with Crippen LogP contribution in [0.25, 0.3) is 0 Å². The van der Waals surface area contributed by atoms with E-state index in [-0.39, 0.29) is 11.6 Å². The van der Waals surface area contributed by atoms with Crippen molar-refractivity contribution in [3.63, 3.8) is 0 Å². The van der Waals surface area contributed by atoms with E-state index in [1.807, 2.05) is 12.1 Å². The molecule has 7 heteroatoms. The number of halogens is 3. The minimum atomic E-state index is -0.697. The highest BCUT2D eigenvalue weighted by atomic mass is 35.5. The van der Waals surface area contributed by atoms with Gasteiger partial charge in [0.25, 0.3) is 5.91 Å². The van der Waals surface area contributed by atoms with Gasteiger partial charge in [0.05, 0.1) is 5.56 Å². The number of hydrogen-bond donors (Lipinski definition) is 1. The molecule has 2 heterocycles. The number of amides is 1. The van der Waals surface area contributed by atoms with Crippen molar-refractivity contribution in [3.8, 4) is 0 Å². The lowest BCUT2D eigenvalue weighted by Gasteiger charge is -2.38. The Bertz CT molecular complexity index is 1020. The SMILES string of the molecule is C[C@@H](c1cc(Cl)cc(Cl)c1)N1C[C@@H]2C[C@H]1CN2Cc1cc(F)c(C(N)=O)cc1C1CC1. The molecular weight excluding hydrogens is 436 g/mol. The van der Waals surface area contributed by atoms with E-state index >= 15 is 0 Å². The summed E-state index contributed by atoms with van der Waals surface area (Å²) in [6, 6.07) is 10.1. The van der Waals surface area contributed by atoms with Crippen molar-refractivity contribution in [2.45, 2.75) is 56.8 Å². The molecule has 31 heavy (non-hydrogen) atoms. The maximum absolute atomic E-state index is 14.5. The molecule has 2 aromatic rings. The molecule has 0 unspecified atom stereocenters. The monoisotopic (exact) mass is 461 g/mol. The molecule has 0 spiro atoms. The van der Waals surface area contributed by atoms with Crippen molar-refractivity contribution in [1.29, 1.82) is 0 Å². The number of likely N-dealkylation sites (tertiary alicyclic amines) is 2. The molecule has 2 aliphatic heterocycles. The van der Waals surface area contributed by atoms with Crippen molar-refractivity contribution < 1.29 is 9.18 Å². The van der Waals surface area contributed by atoms with Gasteiger partial charge in [-0.05, 0) is 79.1 Å². The van der Waals surface area contributed by atoms with Gasteiger partial charge >= 0.3 is 0 Å². The fraction of sp³-hybridized carbons (Fsp3) is 0.458. The van der Waals surface area contributed by atoms with Gasteiger partial charge < -0.3 is 5.73 Å². The van der Waals surface area contributed by atoms with E-state index < -0.39 is 11.7 Å². The third-order valence-electron chi connectivity index (χ3n) is 7.15. The van der Waals surface area contributed by atoms with E-state index in [0.717, 1.165) is 49.0 Å². The topological polar surface area (TPSA) is 49.6 Å². The van der Waals surface area contributed by atoms with Crippen LogP contribution in [-0.2, 0) is 6.54 Å². The summed E-state index contributed by atoms with van der Waals surface area (Å²) in [6.07, 6.45) is 3.30. The molecule has 0 radical (unpaired) electrons. The summed E-state index contributed by atoms with van der Waals surface area (Å²) in [4.78, 5) is 16.6. The summed E-state index contributed by atoms with van der Waals surface area (Å²) >= 11 is 12.4. The maximum Gasteiger partial charge on any atom is 0.251 e. The molecule has 1 amide bonds. The zero-order valence-corrected chi connectivity index (χ0v) is 19.0. The summed E-state index contributed by atoms with van der Waals surface area (Å²) in [5.41, 5.74) is 8.60. The van der Waals surface area contributed by atoms with Crippen molar-refractivity contribution >= 4 is 29.1 Å². The number of piperazine rings is 1. The van der Waals surface area contributed by atoms with Crippen LogP contribution in [0.2, 0.25) is 10.0 Å². The number of carbonyl (C=O) groups excluding carboxylic acids is 1. The van der Waals surface area contributed by atoms with Crippen LogP contribution in [0.5, 0.6) is 0 Å². The van der Waals surface area contributed by atoms with Crippen LogP contribution in [0.15, 0.2) is 30.3 Å². The van der Waals surface area contributed by atoms with Gasteiger partial charge in [0.15, 0.2) is 0 Å². The Morgan fingerprint density at radius 3 is 2.42 bits per heavy atom. The number of nitrogens with two attached hydrogens (primary N) is 1. The first-order chi connectivity index (χ1) is 14.8. The fourth-order valence-corrected chi connectivity index (χ4v) is 5.95. The first-order valence-corrected chi connectivity index (χ1v) is 11.6. The van der Waals surface area contributed by atoms with E-state index in [0.29, 0.717) is 34.6 Å². The second-order valence-corrected chi connectivity index (χ2v) is 10.1. The van der Waals surface area contributed by atoms with Gasteiger partial charge in [0, 0.05) is 47.8 Å². The van der Waals surface area contributed by atoms with Crippen LogP contribution in [-0.4, -0.2) is 40.9 Å². The molecule has 164 valence electrons. The Labute approximate surface area is 192 Å². The Morgan fingerprint density at radius 2 is 1.84 bits per heavy atom. The first kappa shape index (κ1) is 21.2. The van der Waals surface area contributed by atoms with E-state index in [1.165, 1.54) is 6.07 Å². The van der Waals surface area contributed by atoms with Gasteiger partial charge in [-0.15, -0.1) is 0 Å². The van der Waals surface area contributed by atoms with E-state index in [2.05, 4.69) is 16.7 Å². The Hall–Kier alpha value is -1.66. The molecule has 3 aliphatic rings. The number of benzene rings is 2. The van der Waals surface area contributed by atoms with Gasteiger partial charge in [0.1, 0.15) is 5.82 Å². The van der Waals surface area contributed by atoms with Crippen LogP contribution in [0, 0.1) is 5.82 Å². The van der Waals surface area contributed by atoms with Crippen LogP contribution >= 0.6 is 23.2 Å². The van der Waals surface area contributed by atoms with E-state index in [9.17, 15) is 9.18 Å². The predicted molar refractivity (Wildman–Crippen MR) is 121 cm³/mol. The molecule has 0 aromatic heterocycles. The second kappa shape index (κ2) is 8.04. The maximum atomic E-state index is 14.5. The molecular formula is C24H26Cl2FN3O. The van der Waals surface area contributed by atoms with Crippen LogP contribution in [0.1, 0.15) is 65.2 Å². The van der Waals surface area contributed by atoms with E-state index in [1.54, 1.807) is 12.1 Å². The summed E-state index contributed by atoms with van der Waals surface area (Å²) in [7, 11) is 0. The van der Waals surface area contributed by atoms with Gasteiger partial charge in [0.2, 0.25) is 0 Å². The Kier molecular flexibility index (Phi) is 5.50. The van der Waals surface area contributed by atoms with E-state index in [4.69, 9.17) is 28.9 Å². The molecule has 4 nitrogen and oxygen atoms in total. The molecule has 5 rings (SSSR count). The number of primary amides is 1. The number of carbonyl (C=O) groups is 1. The average Bonchev–Trinajstić information content (AvgIpc) is 3.36. The lowest BCUT2D eigenvalue weighted by atomic mass is 9.98. The minimum absolute atomic E-state index is 0.00813. The predicted octanol–water partition coefficient (Wildman–Crippen LogP) is 5.13. The first-order valence-electron chi connectivity index (χ1n) is 10.9. The zero-order chi connectivity index (χ0) is 21.9. The van der Waals surface area contributed by atoms with Gasteiger partial charge in [-0.1, -0.05) is 23.2 Å². The molecule has 2 saturated heterocycles. The number of hydrogen-bond acceptors (Lipinski definition) is 3. The lowest BCUT2D eigenvalue weighted by molar-refractivity contribution is 0.0935. The number of nitrogens with zero attached hydrogens (tertiary/aromatic N) is 2. The highest BCUT2D eigenvalue weighted by Crippen LogP contribution is 2.44. The fourth-order valence-electron chi connectivity index (χ4n) is 5.41. The molecule has 1 aliphatic carbocycles. The highest BCUT2D eigenvalue weighted by molar-refractivity contribution is 6.34. The molecule has 2 aromatic carbocycles. The van der Waals surface area contributed by atoms with Crippen LogP contribution in [0.3, 0.4) is 0 Å².